The monoisotopic (exact) mass is 267 g/mol. The number of H-pyrrole nitrogens is 1. The van der Waals surface area contributed by atoms with Gasteiger partial charge in [0.2, 0.25) is 0 Å². The largest absolute Gasteiger partial charge is 0.312 e. The van der Waals surface area contributed by atoms with E-state index in [0.717, 1.165) is 42.9 Å². The molecule has 102 valence electrons. The normalized spacial score (nSPS) is 17.8. The molecule has 4 rings (SSSR count). The number of aromatic nitrogens is 2. The second kappa shape index (κ2) is 4.56. The Balaban J connectivity index is 1.71. The van der Waals surface area contributed by atoms with Gasteiger partial charge in [0.05, 0.1) is 11.3 Å². The average molecular weight is 267 g/mol. The average Bonchev–Trinajstić information content (AvgIpc) is 2.91. The van der Waals surface area contributed by atoms with E-state index >= 15 is 0 Å². The van der Waals surface area contributed by atoms with Crippen molar-refractivity contribution in [3.63, 3.8) is 0 Å². The molecule has 0 saturated carbocycles. The van der Waals surface area contributed by atoms with E-state index in [2.05, 4.69) is 34.6 Å². The molecule has 2 aliphatic rings. The second-order valence-corrected chi connectivity index (χ2v) is 5.68. The van der Waals surface area contributed by atoms with Crippen LogP contribution in [0.5, 0.6) is 0 Å². The minimum Gasteiger partial charge on any atom is -0.312 e. The molecule has 2 heterocycles. The summed E-state index contributed by atoms with van der Waals surface area (Å²) in [5, 5.41) is 3.22. The van der Waals surface area contributed by atoms with Crippen molar-refractivity contribution in [2.75, 3.05) is 6.54 Å². The lowest BCUT2D eigenvalue weighted by molar-refractivity contribution is 0.596. The third-order valence-electron chi connectivity index (χ3n) is 4.40. The van der Waals surface area contributed by atoms with Crippen molar-refractivity contribution >= 4 is 0 Å². The van der Waals surface area contributed by atoms with Crippen LogP contribution in [0.2, 0.25) is 0 Å². The Morgan fingerprint density at radius 3 is 2.65 bits per heavy atom. The van der Waals surface area contributed by atoms with Crippen LogP contribution in [-0.4, -0.2) is 16.5 Å². The van der Waals surface area contributed by atoms with Crippen LogP contribution in [0.3, 0.4) is 0 Å². The predicted molar refractivity (Wildman–Crippen MR) is 76.9 cm³/mol. The van der Waals surface area contributed by atoms with Gasteiger partial charge in [0.1, 0.15) is 5.82 Å². The maximum Gasteiger partial charge on any atom is 0.255 e. The highest BCUT2D eigenvalue weighted by molar-refractivity contribution is 5.35. The van der Waals surface area contributed by atoms with Crippen LogP contribution in [-0.2, 0) is 25.8 Å². The zero-order valence-electron chi connectivity index (χ0n) is 11.3. The lowest BCUT2D eigenvalue weighted by Crippen LogP contribution is -2.32. The van der Waals surface area contributed by atoms with Crippen LogP contribution < -0.4 is 10.9 Å². The lowest BCUT2D eigenvalue weighted by atomic mass is 10.0. The summed E-state index contributed by atoms with van der Waals surface area (Å²) in [6.07, 6.45) is 2.82. The van der Waals surface area contributed by atoms with Gasteiger partial charge in [-0.05, 0) is 24.0 Å². The fourth-order valence-corrected chi connectivity index (χ4v) is 3.32. The molecule has 0 bridgehead atoms. The SMILES string of the molecule is O=c1[nH]c(C2Cc3ccccc3C2)nc2c1CNCC2. The van der Waals surface area contributed by atoms with Crippen LogP contribution in [0, 0.1) is 0 Å². The molecule has 0 amide bonds. The smallest absolute Gasteiger partial charge is 0.255 e. The van der Waals surface area contributed by atoms with Gasteiger partial charge >= 0.3 is 0 Å². The number of hydrogen-bond acceptors (Lipinski definition) is 3. The third kappa shape index (κ3) is 1.88. The molecule has 0 radical (unpaired) electrons. The van der Waals surface area contributed by atoms with Gasteiger partial charge in [-0.1, -0.05) is 24.3 Å². The minimum absolute atomic E-state index is 0.0353. The summed E-state index contributed by atoms with van der Waals surface area (Å²) < 4.78 is 0. The number of fused-ring (bicyclic) bond motifs is 2. The highest BCUT2D eigenvalue weighted by Gasteiger charge is 2.26. The van der Waals surface area contributed by atoms with E-state index in [1.807, 2.05) is 0 Å². The number of nitrogens with one attached hydrogen (secondary N) is 2. The number of rotatable bonds is 1. The molecule has 1 aromatic heterocycles. The molecule has 0 spiro atoms. The maximum atomic E-state index is 12.2. The van der Waals surface area contributed by atoms with E-state index in [0.29, 0.717) is 12.5 Å². The summed E-state index contributed by atoms with van der Waals surface area (Å²) >= 11 is 0. The summed E-state index contributed by atoms with van der Waals surface area (Å²) in [5.74, 6) is 1.19. The molecule has 1 aliphatic heterocycles. The Labute approximate surface area is 117 Å². The van der Waals surface area contributed by atoms with E-state index < -0.39 is 0 Å². The third-order valence-corrected chi connectivity index (χ3v) is 4.40. The zero-order valence-corrected chi connectivity index (χ0v) is 11.3. The molecule has 0 unspecified atom stereocenters. The molecule has 0 atom stereocenters. The number of aromatic amines is 1. The molecule has 1 aliphatic carbocycles. The maximum absolute atomic E-state index is 12.2. The molecule has 0 fully saturated rings. The second-order valence-electron chi connectivity index (χ2n) is 5.68. The number of benzene rings is 1. The van der Waals surface area contributed by atoms with Gasteiger partial charge in [-0.3, -0.25) is 4.79 Å². The molecular formula is C16H17N3O. The zero-order chi connectivity index (χ0) is 13.5. The Morgan fingerprint density at radius 1 is 1.15 bits per heavy atom. The highest BCUT2D eigenvalue weighted by atomic mass is 16.1. The molecule has 4 heteroatoms. The van der Waals surface area contributed by atoms with Gasteiger partial charge in [0.25, 0.3) is 5.56 Å². The van der Waals surface area contributed by atoms with Crippen molar-refractivity contribution in [1.29, 1.82) is 0 Å². The Hall–Kier alpha value is -1.94. The van der Waals surface area contributed by atoms with Crippen LogP contribution in [0.25, 0.3) is 0 Å². The quantitative estimate of drug-likeness (QED) is 0.819. The Kier molecular flexibility index (Phi) is 2.70. The fourth-order valence-electron chi connectivity index (χ4n) is 3.32. The molecule has 4 nitrogen and oxygen atoms in total. The van der Waals surface area contributed by atoms with Gasteiger partial charge < -0.3 is 10.3 Å². The molecule has 0 saturated heterocycles. The van der Waals surface area contributed by atoms with Crippen molar-refractivity contribution < 1.29 is 0 Å². The topological polar surface area (TPSA) is 57.8 Å². The van der Waals surface area contributed by atoms with Gasteiger partial charge in [0, 0.05) is 25.4 Å². The first-order valence-electron chi connectivity index (χ1n) is 7.21. The summed E-state index contributed by atoms with van der Waals surface area (Å²) in [7, 11) is 0. The van der Waals surface area contributed by atoms with Crippen LogP contribution >= 0.6 is 0 Å². The standard InChI is InChI=1S/C16H17N3O/c20-16-13-9-17-6-5-14(13)18-15(19-16)12-7-10-3-1-2-4-11(10)8-12/h1-4,12,17H,5-9H2,(H,18,19,20). The van der Waals surface area contributed by atoms with Gasteiger partial charge in [0.15, 0.2) is 0 Å². The van der Waals surface area contributed by atoms with Gasteiger partial charge in [-0.25, -0.2) is 4.98 Å². The van der Waals surface area contributed by atoms with E-state index in [-0.39, 0.29) is 5.56 Å². The predicted octanol–water partition coefficient (Wildman–Crippen LogP) is 1.30. The Morgan fingerprint density at radius 2 is 1.90 bits per heavy atom. The molecule has 20 heavy (non-hydrogen) atoms. The minimum atomic E-state index is 0.0353. The molecule has 2 N–H and O–H groups in total. The molecule has 1 aromatic carbocycles. The molecular weight excluding hydrogens is 250 g/mol. The van der Waals surface area contributed by atoms with E-state index in [4.69, 9.17) is 4.98 Å². The van der Waals surface area contributed by atoms with Crippen LogP contribution in [0.4, 0.5) is 0 Å². The van der Waals surface area contributed by atoms with E-state index in [9.17, 15) is 4.79 Å². The van der Waals surface area contributed by atoms with Crippen molar-refractivity contribution in [3.8, 4) is 0 Å². The van der Waals surface area contributed by atoms with Crippen molar-refractivity contribution in [2.45, 2.75) is 31.7 Å². The summed E-state index contributed by atoms with van der Waals surface area (Å²) in [4.78, 5) is 19.9. The molecule has 2 aromatic rings. The summed E-state index contributed by atoms with van der Waals surface area (Å²) in [6, 6.07) is 8.51. The fraction of sp³-hybridized carbons (Fsp3) is 0.375. The Bertz CT molecular complexity index is 695. The number of nitrogens with zero attached hydrogens (tertiary/aromatic N) is 1. The van der Waals surface area contributed by atoms with E-state index in [1.165, 1.54) is 11.1 Å². The van der Waals surface area contributed by atoms with Gasteiger partial charge in [-0.15, -0.1) is 0 Å². The van der Waals surface area contributed by atoms with Crippen molar-refractivity contribution in [3.05, 3.63) is 62.8 Å². The summed E-state index contributed by atoms with van der Waals surface area (Å²) in [5.41, 5.74) is 4.61. The number of hydrogen-bond donors (Lipinski definition) is 2. The van der Waals surface area contributed by atoms with Crippen molar-refractivity contribution in [2.24, 2.45) is 0 Å². The van der Waals surface area contributed by atoms with Crippen LogP contribution in [0.15, 0.2) is 29.1 Å². The van der Waals surface area contributed by atoms with Crippen molar-refractivity contribution in [1.82, 2.24) is 15.3 Å². The first-order valence-corrected chi connectivity index (χ1v) is 7.21. The first kappa shape index (κ1) is 11.9. The van der Waals surface area contributed by atoms with Crippen LogP contribution in [0.1, 0.15) is 34.1 Å². The van der Waals surface area contributed by atoms with E-state index in [1.54, 1.807) is 0 Å². The lowest BCUT2D eigenvalue weighted by Gasteiger charge is -2.17. The highest BCUT2D eigenvalue weighted by Crippen LogP contribution is 2.32. The summed E-state index contributed by atoms with van der Waals surface area (Å²) in [6.45, 7) is 1.55. The first-order chi connectivity index (χ1) is 9.81. The van der Waals surface area contributed by atoms with Gasteiger partial charge in [-0.2, -0.15) is 0 Å².